The number of nitrogens with one attached hydrogen (secondary N) is 1. The van der Waals surface area contributed by atoms with Crippen molar-refractivity contribution in [1.82, 2.24) is 10.2 Å². The Morgan fingerprint density at radius 2 is 1.70 bits per heavy atom. The zero-order valence-electron chi connectivity index (χ0n) is 22.0. The highest BCUT2D eigenvalue weighted by molar-refractivity contribution is 7.92. The minimum absolute atomic E-state index is 0.0212. The summed E-state index contributed by atoms with van der Waals surface area (Å²) in [7, 11) is -3.55. The largest absolute Gasteiger partial charge is 0.352 e. The molecule has 0 aromatic heterocycles. The summed E-state index contributed by atoms with van der Waals surface area (Å²) in [5.74, 6) is -1.02. The lowest BCUT2D eigenvalue weighted by Gasteiger charge is -2.31. The van der Waals surface area contributed by atoms with Crippen LogP contribution in [0.2, 0.25) is 0 Å². The molecule has 202 valence electrons. The zero-order valence-corrected chi connectivity index (χ0v) is 22.8. The van der Waals surface area contributed by atoms with Crippen LogP contribution in [0.1, 0.15) is 63.0 Å². The van der Waals surface area contributed by atoms with Gasteiger partial charge >= 0.3 is 0 Å². The number of hydrogen-bond donors (Lipinski definition) is 1. The van der Waals surface area contributed by atoms with Gasteiger partial charge in [-0.1, -0.05) is 55.2 Å². The van der Waals surface area contributed by atoms with Crippen LogP contribution in [0, 0.1) is 12.7 Å². The quantitative estimate of drug-likeness (QED) is 0.461. The molecule has 9 heteroatoms. The third-order valence-electron chi connectivity index (χ3n) is 6.89. The molecule has 1 fully saturated rings. The fourth-order valence-electron chi connectivity index (χ4n) is 4.68. The summed E-state index contributed by atoms with van der Waals surface area (Å²) in [6, 6.07) is 12.6. The number of amides is 2. The summed E-state index contributed by atoms with van der Waals surface area (Å²) < 4.78 is 40.6. The van der Waals surface area contributed by atoms with E-state index in [-0.39, 0.29) is 43.8 Å². The van der Waals surface area contributed by atoms with Crippen LogP contribution in [-0.2, 0) is 26.2 Å². The lowest BCUT2D eigenvalue weighted by atomic mass is 9.95. The smallest absolute Gasteiger partial charge is 0.242 e. The van der Waals surface area contributed by atoms with Crippen LogP contribution >= 0.6 is 0 Å². The van der Waals surface area contributed by atoms with Crippen molar-refractivity contribution in [3.63, 3.8) is 0 Å². The van der Waals surface area contributed by atoms with E-state index >= 15 is 0 Å². The molecule has 1 N–H and O–H groups in total. The van der Waals surface area contributed by atoms with Gasteiger partial charge in [0.1, 0.15) is 11.9 Å². The van der Waals surface area contributed by atoms with Gasteiger partial charge in [-0.3, -0.25) is 13.9 Å². The normalized spacial score (nSPS) is 15.1. The molecule has 1 unspecified atom stereocenters. The van der Waals surface area contributed by atoms with Gasteiger partial charge in [-0.25, -0.2) is 12.8 Å². The van der Waals surface area contributed by atoms with Crippen molar-refractivity contribution in [3.8, 4) is 0 Å². The number of nitrogens with zero attached hydrogens (tertiary/aromatic N) is 2. The Labute approximate surface area is 220 Å². The molecule has 1 atom stereocenters. The minimum atomic E-state index is -3.55. The molecular weight excluding hydrogens is 493 g/mol. The molecule has 0 aliphatic heterocycles. The summed E-state index contributed by atoms with van der Waals surface area (Å²) >= 11 is 0. The molecule has 0 spiro atoms. The van der Waals surface area contributed by atoms with Crippen molar-refractivity contribution >= 4 is 27.5 Å². The van der Waals surface area contributed by atoms with Crippen molar-refractivity contribution in [2.45, 2.75) is 77.4 Å². The van der Waals surface area contributed by atoms with Crippen molar-refractivity contribution in [1.29, 1.82) is 0 Å². The first-order chi connectivity index (χ1) is 17.6. The maximum Gasteiger partial charge on any atom is 0.242 e. The van der Waals surface area contributed by atoms with Crippen LogP contribution < -0.4 is 9.62 Å². The van der Waals surface area contributed by atoms with Gasteiger partial charge in [-0.15, -0.1) is 0 Å². The molecule has 0 bridgehead atoms. The van der Waals surface area contributed by atoms with Gasteiger partial charge in [0, 0.05) is 31.1 Å². The number of benzene rings is 2. The van der Waals surface area contributed by atoms with Crippen LogP contribution in [0.4, 0.5) is 10.1 Å². The second-order valence-corrected chi connectivity index (χ2v) is 11.8. The highest BCUT2D eigenvalue weighted by atomic mass is 32.2. The Morgan fingerprint density at radius 1 is 1.05 bits per heavy atom. The molecule has 37 heavy (non-hydrogen) atoms. The second-order valence-electron chi connectivity index (χ2n) is 9.91. The van der Waals surface area contributed by atoms with Crippen LogP contribution in [0.5, 0.6) is 0 Å². The predicted octanol–water partition coefficient (Wildman–Crippen LogP) is 4.55. The van der Waals surface area contributed by atoms with E-state index < -0.39 is 21.9 Å². The van der Waals surface area contributed by atoms with E-state index in [2.05, 4.69) is 5.32 Å². The number of carbonyl (C=O) groups excluding carboxylic acids is 2. The Morgan fingerprint density at radius 3 is 2.32 bits per heavy atom. The van der Waals surface area contributed by atoms with Gasteiger partial charge in [-0.05, 0) is 51.3 Å². The summed E-state index contributed by atoms with van der Waals surface area (Å²) in [6.45, 7) is 3.65. The maximum atomic E-state index is 14.4. The van der Waals surface area contributed by atoms with Gasteiger partial charge < -0.3 is 10.2 Å². The number of rotatable bonds is 11. The van der Waals surface area contributed by atoms with E-state index in [1.807, 2.05) is 19.1 Å². The molecule has 2 aromatic carbocycles. The van der Waals surface area contributed by atoms with Crippen LogP contribution in [0.15, 0.2) is 48.5 Å². The summed E-state index contributed by atoms with van der Waals surface area (Å²) in [6.07, 6.45) is 6.53. The van der Waals surface area contributed by atoms with Crippen molar-refractivity contribution in [2.24, 2.45) is 0 Å². The number of halogens is 1. The molecule has 7 nitrogen and oxygen atoms in total. The molecule has 2 aromatic rings. The van der Waals surface area contributed by atoms with E-state index in [9.17, 15) is 22.4 Å². The third-order valence-corrected chi connectivity index (χ3v) is 8.09. The lowest BCUT2D eigenvalue weighted by Crippen LogP contribution is -2.50. The van der Waals surface area contributed by atoms with Crippen molar-refractivity contribution in [3.05, 3.63) is 65.5 Å². The average Bonchev–Trinajstić information content (AvgIpc) is 2.86. The SMILES string of the molecule is Cc1ccc(N(CCCC(=O)N(Cc2ccccc2F)C(C)C(=O)NC2CCCCC2)S(C)(=O)=O)cc1. The van der Waals surface area contributed by atoms with E-state index in [4.69, 9.17) is 0 Å². The van der Waals surface area contributed by atoms with Gasteiger partial charge in [0.2, 0.25) is 21.8 Å². The van der Waals surface area contributed by atoms with Gasteiger partial charge in [-0.2, -0.15) is 0 Å². The first-order valence-electron chi connectivity index (χ1n) is 12.9. The topological polar surface area (TPSA) is 86.8 Å². The molecule has 1 saturated carbocycles. The summed E-state index contributed by atoms with van der Waals surface area (Å²) in [5.41, 5.74) is 1.87. The zero-order chi connectivity index (χ0) is 27.0. The molecule has 1 aliphatic carbocycles. The molecular formula is C28H38FN3O4S. The minimum Gasteiger partial charge on any atom is -0.352 e. The molecule has 2 amide bonds. The van der Waals surface area contributed by atoms with Crippen LogP contribution in [0.25, 0.3) is 0 Å². The monoisotopic (exact) mass is 531 g/mol. The van der Waals surface area contributed by atoms with Crippen molar-refractivity contribution in [2.75, 3.05) is 17.1 Å². The fraction of sp³-hybridized carbons (Fsp3) is 0.500. The summed E-state index contributed by atoms with van der Waals surface area (Å²) in [5, 5.41) is 3.06. The maximum absolute atomic E-state index is 14.4. The van der Waals surface area contributed by atoms with Crippen molar-refractivity contribution < 1.29 is 22.4 Å². The molecule has 0 radical (unpaired) electrons. The highest BCUT2D eigenvalue weighted by Crippen LogP contribution is 2.21. The standard InChI is InChI=1S/C28H38FN3O4S/c1-21-15-17-25(18-16-21)32(37(3,35)36)19-9-14-27(33)31(20-23-10-7-8-13-26(23)29)22(2)28(34)30-24-11-5-4-6-12-24/h7-8,10,13,15-18,22,24H,4-6,9,11-12,14,19-20H2,1-3H3,(H,30,34). The van der Waals surface area contributed by atoms with E-state index in [1.54, 1.807) is 37.3 Å². The molecule has 3 rings (SSSR count). The first kappa shape index (κ1) is 28.6. The number of aryl methyl sites for hydroxylation is 1. The molecule has 0 saturated heterocycles. The second kappa shape index (κ2) is 13.0. The number of carbonyl (C=O) groups is 2. The Hall–Kier alpha value is -2.94. The van der Waals surface area contributed by atoms with Gasteiger partial charge in [0.15, 0.2) is 0 Å². The Bertz CT molecular complexity index is 1160. The lowest BCUT2D eigenvalue weighted by molar-refractivity contribution is -0.141. The van der Waals surface area contributed by atoms with Crippen LogP contribution in [0.3, 0.4) is 0 Å². The van der Waals surface area contributed by atoms with Crippen LogP contribution in [-0.4, -0.2) is 50.0 Å². The average molecular weight is 532 g/mol. The van der Waals surface area contributed by atoms with E-state index in [1.165, 1.54) is 15.3 Å². The number of anilines is 1. The first-order valence-corrected chi connectivity index (χ1v) is 14.8. The van der Waals surface area contributed by atoms with E-state index in [0.717, 1.165) is 43.9 Å². The van der Waals surface area contributed by atoms with E-state index in [0.29, 0.717) is 11.3 Å². The predicted molar refractivity (Wildman–Crippen MR) is 144 cm³/mol. The van der Waals surface area contributed by atoms with Gasteiger partial charge in [0.25, 0.3) is 0 Å². The number of hydrogen-bond acceptors (Lipinski definition) is 4. The fourth-order valence-corrected chi connectivity index (χ4v) is 5.64. The summed E-state index contributed by atoms with van der Waals surface area (Å²) in [4.78, 5) is 27.8. The third kappa shape index (κ3) is 8.28. The number of sulfonamides is 1. The van der Waals surface area contributed by atoms with Gasteiger partial charge in [0.05, 0.1) is 11.9 Å². The molecule has 1 aliphatic rings. The molecule has 0 heterocycles. The Balaban J connectivity index is 1.72. The highest BCUT2D eigenvalue weighted by Gasteiger charge is 2.29. The Kier molecular flexibility index (Phi) is 10.1.